The van der Waals surface area contributed by atoms with Crippen LogP contribution in [0.2, 0.25) is 0 Å². The molecule has 0 saturated carbocycles. The number of carbonyl (C=O) groups excluding carboxylic acids is 17. The van der Waals surface area contributed by atoms with E-state index >= 15 is 0 Å². The van der Waals surface area contributed by atoms with Crippen LogP contribution in [0.5, 0.6) is 0 Å². The maximum absolute atomic E-state index is 14.3. The van der Waals surface area contributed by atoms with E-state index in [1.165, 1.54) is 20.8 Å². The van der Waals surface area contributed by atoms with Gasteiger partial charge in [0.2, 0.25) is 47.3 Å². The average Bonchev–Trinajstić information content (AvgIpc) is 0.794. The van der Waals surface area contributed by atoms with Crippen molar-refractivity contribution in [3.8, 4) is 0 Å². The number of carbonyl (C=O) groups is 18. The van der Waals surface area contributed by atoms with E-state index in [9.17, 15) is 91.4 Å². The van der Waals surface area contributed by atoms with E-state index in [1.54, 1.807) is 6.92 Å². The molecule has 3 saturated heterocycles. The number of carboxylic acid groups (broad SMARTS) is 1. The van der Waals surface area contributed by atoms with Crippen molar-refractivity contribution in [1.82, 2.24) is 42.5 Å². The molecule has 0 radical (unpaired) electrons. The van der Waals surface area contributed by atoms with Gasteiger partial charge < -0.3 is 161 Å². The van der Waals surface area contributed by atoms with Crippen molar-refractivity contribution in [2.24, 2.45) is 0 Å². The Balaban J connectivity index is 1.57. The highest BCUT2D eigenvalue weighted by molar-refractivity contribution is 5.93. The fourth-order valence-electron chi connectivity index (χ4n) is 13.2. The standard InChI is InChI=1S/C83H134N8O43/c1-14-19-62(80(109)110)91-79(108)61(21-16-18-23-85-67(105)46-118-34-31-112-25-28-115-37-40-121-82-70(87-49(3)93)76(130-58(12)102)73(127-55(9)99)64(133-82)43-124-52(6)96)90-78(107)60(89-68(106)47-119-35-32-113-26-29-116-38-41-122-83-71(88-50(4)94)77(131-59(13)103)74(128-56(10)100)65(134-83)44-125-53(7)97)20-15-17-22-84-66(104)45-117-33-30-111-24-27-114-36-39-120-81-69(86-48(2)92)75(129-57(11)101)72(126-54(8)98)63(132-81)42-123-51(5)95/h60-65,69-77,81-83H,14-47H2,1-13H3,(H,84,104)(H,85,105)(H,86,92)(H,87,93)(H,88,94)(H,89,106)(H,90,107)(H,91,108)(H,109,110)/t60-,61-,62?,63+,64+,65+,69+,70+,71+,72-,73-,74-,75+,76+,77+,81+,82+,83+/m0/s1. The summed E-state index contributed by atoms with van der Waals surface area (Å²) >= 11 is 0. The van der Waals surface area contributed by atoms with E-state index in [2.05, 4.69) is 42.5 Å². The molecule has 51 heteroatoms. The molecule has 1 unspecified atom stereocenters. The number of esters is 9. The van der Waals surface area contributed by atoms with Crippen LogP contribution in [-0.4, -0.2) is 394 Å². The summed E-state index contributed by atoms with van der Waals surface area (Å²) in [6.07, 6.45) is -14.1. The summed E-state index contributed by atoms with van der Waals surface area (Å²) in [6.45, 7) is 12.9. The first-order valence-electron chi connectivity index (χ1n) is 43.7. The second-order valence-electron chi connectivity index (χ2n) is 30.2. The van der Waals surface area contributed by atoms with Gasteiger partial charge in [0.05, 0.1) is 119 Å². The number of hydrogen-bond donors (Lipinski definition) is 9. The molecule has 0 aromatic carbocycles. The van der Waals surface area contributed by atoms with Crippen molar-refractivity contribution in [2.45, 2.75) is 251 Å². The van der Waals surface area contributed by atoms with Gasteiger partial charge in [0.1, 0.15) is 94.2 Å². The quantitative estimate of drug-likeness (QED) is 0.0159. The summed E-state index contributed by atoms with van der Waals surface area (Å²) in [7, 11) is 0. The molecule has 0 aromatic heterocycles. The summed E-state index contributed by atoms with van der Waals surface area (Å²) in [5.74, 6) is -13.1. The summed E-state index contributed by atoms with van der Waals surface area (Å²) in [5, 5.41) is 31.0. The minimum Gasteiger partial charge on any atom is -0.480 e. The minimum absolute atomic E-state index is 0.000235. The van der Waals surface area contributed by atoms with E-state index in [4.69, 9.17) is 114 Å². The van der Waals surface area contributed by atoms with Crippen molar-refractivity contribution in [3.05, 3.63) is 0 Å². The average molecular weight is 1930 g/mol. The van der Waals surface area contributed by atoms with Gasteiger partial charge in [-0.1, -0.05) is 13.3 Å². The molecule has 134 heavy (non-hydrogen) atoms. The third-order valence-corrected chi connectivity index (χ3v) is 18.6. The van der Waals surface area contributed by atoms with E-state index in [0.717, 1.165) is 62.3 Å². The van der Waals surface area contributed by atoms with Crippen molar-refractivity contribution in [3.63, 3.8) is 0 Å². The van der Waals surface area contributed by atoms with Crippen LogP contribution >= 0.6 is 0 Å². The molecule has 0 spiro atoms. The number of nitrogens with one attached hydrogen (secondary N) is 8. The molecule has 18 atom stereocenters. The Bertz CT molecular complexity index is 3660. The first-order valence-corrected chi connectivity index (χ1v) is 43.7. The number of aliphatic carboxylic acids is 1. The second-order valence-corrected chi connectivity index (χ2v) is 30.2. The van der Waals surface area contributed by atoms with E-state index in [-0.39, 0.29) is 190 Å². The number of carboxylic acids is 1. The lowest BCUT2D eigenvalue weighted by Crippen LogP contribution is -2.66. The normalized spacial score (nSPS) is 22.0. The van der Waals surface area contributed by atoms with Crippen molar-refractivity contribution >= 4 is 107 Å². The maximum Gasteiger partial charge on any atom is 0.326 e. The molecule has 8 amide bonds. The van der Waals surface area contributed by atoms with Gasteiger partial charge in [0, 0.05) is 96.2 Å². The molecule has 764 valence electrons. The number of hydrogen-bond acceptors (Lipinski definition) is 42. The predicted octanol–water partition coefficient (Wildman–Crippen LogP) is -3.93. The van der Waals surface area contributed by atoms with Crippen molar-refractivity contribution in [1.29, 1.82) is 0 Å². The summed E-state index contributed by atoms with van der Waals surface area (Å²) in [5.41, 5.74) is 0. The fourth-order valence-corrected chi connectivity index (χ4v) is 13.2. The Hall–Kier alpha value is -10.1. The molecule has 3 heterocycles. The number of ether oxygens (including phenoxy) is 24. The third kappa shape index (κ3) is 51.5. The SMILES string of the molecule is CCCC(NC(=O)[C@H](CCCCNC(=O)COCCOCCOCCO[C@@H]1O[C@H](COC(C)=O)[C@H](OC(C)=O)[C@H](OC(C)=O)[C@H]1NC(C)=O)NC(=O)[C@H](CCCCNC(=O)COCCOCCOCCO[C@@H]1O[C@H](COC(C)=O)[C@H](OC(C)=O)[C@H](OC(C)=O)[C@H]1NC(C)=O)NC(=O)COCCOCCOCCO[C@@H]1O[C@H](COC(C)=O)[C@H](OC(C)=O)[C@H](OC(C)=O)[C@H]1NC(C)=O)C(=O)O. The third-order valence-electron chi connectivity index (χ3n) is 18.6. The van der Waals surface area contributed by atoms with Crippen LogP contribution in [0.4, 0.5) is 0 Å². The summed E-state index contributed by atoms with van der Waals surface area (Å²) in [4.78, 5) is 225. The molecule has 3 rings (SSSR count). The Morgan fingerprint density at radius 2 is 0.545 bits per heavy atom. The Morgan fingerprint density at radius 1 is 0.291 bits per heavy atom. The van der Waals surface area contributed by atoms with Crippen molar-refractivity contribution < 1.29 is 205 Å². The highest BCUT2D eigenvalue weighted by atomic mass is 16.7. The van der Waals surface area contributed by atoms with Crippen LogP contribution in [0.25, 0.3) is 0 Å². The van der Waals surface area contributed by atoms with Crippen LogP contribution in [0, 0.1) is 0 Å². The molecule has 0 aromatic rings. The molecule has 0 aliphatic carbocycles. The van der Waals surface area contributed by atoms with Gasteiger partial charge in [-0.3, -0.25) is 81.5 Å². The van der Waals surface area contributed by atoms with E-state index in [0.29, 0.717) is 6.42 Å². The van der Waals surface area contributed by atoms with Crippen LogP contribution in [-0.2, 0) is 200 Å². The van der Waals surface area contributed by atoms with Gasteiger partial charge in [0.15, 0.2) is 55.5 Å². The lowest BCUT2D eigenvalue weighted by atomic mass is 9.96. The molecular weight excluding hydrogens is 1800 g/mol. The molecule has 0 bridgehead atoms. The number of amides is 8. The molecule has 9 N–H and O–H groups in total. The zero-order chi connectivity index (χ0) is 99.5. The van der Waals surface area contributed by atoms with Crippen LogP contribution < -0.4 is 42.5 Å². The Morgan fingerprint density at radius 3 is 0.806 bits per heavy atom. The second kappa shape index (κ2) is 67.9. The smallest absolute Gasteiger partial charge is 0.326 e. The summed E-state index contributed by atoms with van der Waals surface area (Å²) in [6, 6.07) is -7.57. The van der Waals surface area contributed by atoms with Gasteiger partial charge in [0.25, 0.3) is 0 Å². The molecular formula is C83H134N8O43. The Labute approximate surface area is 774 Å². The van der Waals surface area contributed by atoms with Crippen LogP contribution in [0.3, 0.4) is 0 Å². The van der Waals surface area contributed by atoms with Crippen molar-refractivity contribution in [2.75, 3.05) is 172 Å². The van der Waals surface area contributed by atoms with Gasteiger partial charge in [-0.05, 0) is 44.9 Å². The molecule has 3 fully saturated rings. The fraction of sp³-hybridized carbons (Fsp3) is 0.783. The lowest BCUT2D eigenvalue weighted by molar-refractivity contribution is -0.279. The lowest BCUT2D eigenvalue weighted by Gasteiger charge is -2.44. The predicted molar refractivity (Wildman–Crippen MR) is 449 cm³/mol. The maximum atomic E-state index is 14.3. The molecule has 51 nitrogen and oxygen atoms in total. The largest absolute Gasteiger partial charge is 0.480 e. The van der Waals surface area contributed by atoms with E-state index in [1.807, 2.05) is 0 Å². The topological polar surface area (TPSA) is 645 Å². The highest BCUT2D eigenvalue weighted by Crippen LogP contribution is 2.32. The van der Waals surface area contributed by atoms with Gasteiger partial charge in [-0.15, -0.1) is 0 Å². The first-order chi connectivity index (χ1) is 63.8. The minimum atomic E-state index is -1.36. The zero-order valence-corrected chi connectivity index (χ0v) is 78.0. The van der Waals surface area contributed by atoms with Gasteiger partial charge in [-0.25, -0.2) is 4.79 Å². The van der Waals surface area contributed by atoms with Crippen LogP contribution in [0.1, 0.15) is 141 Å². The first kappa shape index (κ1) is 118. The zero-order valence-electron chi connectivity index (χ0n) is 78.0. The Kier molecular flexibility index (Phi) is 59.8. The molecule has 3 aliphatic rings. The van der Waals surface area contributed by atoms with E-state index < -0.39 is 243 Å². The van der Waals surface area contributed by atoms with Gasteiger partial charge in [-0.2, -0.15) is 0 Å². The van der Waals surface area contributed by atoms with Crippen LogP contribution in [0.15, 0.2) is 0 Å². The number of rotatable bonds is 69. The monoisotopic (exact) mass is 1930 g/mol. The highest BCUT2D eigenvalue weighted by Gasteiger charge is 2.55. The van der Waals surface area contributed by atoms with Gasteiger partial charge >= 0.3 is 59.7 Å². The summed E-state index contributed by atoms with van der Waals surface area (Å²) < 4.78 is 133. The number of unbranched alkanes of at least 4 members (excludes halogenated alkanes) is 2. The molecule has 3 aliphatic heterocycles.